The Kier molecular flexibility index (Phi) is 3.78. The van der Waals surface area contributed by atoms with Gasteiger partial charge in [0, 0.05) is 11.1 Å². The number of alkyl halides is 3. The molecule has 0 spiro atoms. The van der Waals surface area contributed by atoms with Crippen LogP contribution < -0.4 is 10.6 Å². The molecule has 2 aromatic rings. The van der Waals surface area contributed by atoms with Gasteiger partial charge < -0.3 is 10.6 Å². The molecular formula is C13H11ClF3N5. The molecule has 1 saturated carbocycles. The molecule has 22 heavy (non-hydrogen) atoms. The first kappa shape index (κ1) is 14.8. The molecule has 0 amide bonds. The van der Waals surface area contributed by atoms with Crippen molar-refractivity contribution < 1.29 is 13.2 Å². The molecule has 0 saturated heterocycles. The van der Waals surface area contributed by atoms with Crippen LogP contribution in [0.5, 0.6) is 0 Å². The van der Waals surface area contributed by atoms with E-state index in [9.17, 15) is 13.2 Å². The van der Waals surface area contributed by atoms with Crippen molar-refractivity contribution in [3.05, 3.63) is 35.0 Å². The highest BCUT2D eigenvalue weighted by molar-refractivity contribution is 6.30. The van der Waals surface area contributed by atoms with E-state index >= 15 is 0 Å². The van der Waals surface area contributed by atoms with E-state index in [1.54, 1.807) is 0 Å². The highest BCUT2D eigenvalue weighted by Gasteiger charge is 2.34. The SMILES string of the molecule is FC(F)(F)c1cc(Cl)ccc1Nc1nncc(NC2CC2)n1. The highest BCUT2D eigenvalue weighted by atomic mass is 35.5. The van der Waals surface area contributed by atoms with Crippen molar-refractivity contribution in [1.82, 2.24) is 15.2 Å². The highest BCUT2D eigenvalue weighted by Crippen LogP contribution is 2.37. The van der Waals surface area contributed by atoms with Crippen molar-refractivity contribution >= 4 is 29.1 Å². The minimum atomic E-state index is -4.54. The maximum absolute atomic E-state index is 13.0. The Morgan fingerprint density at radius 2 is 2.00 bits per heavy atom. The Balaban J connectivity index is 1.86. The zero-order valence-corrected chi connectivity index (χ0v) is 11.9. The number of anilines is 3. The number of hydrogen-bond donors (Lipinski definition) is 2. The molecule has 2 N–H and O–H groups in total. The van der Waals surface area contributed by atoms with Gasteiger partial charge in [-0.3, -0.25) is 0 Å². The minimum absolute atomic E-state index is 0.000990. The van der Waals surface area contributed by atoms with Crippen LogP contribution in [0.25, 0.3) is 0 Å². The second kappa shape index (κ2) is 5.60. The first-order valence-electron chi connectivity index (χ1n) is 6.52. The number of nitrogens with zero attached hydrogens (tertiary/aromatic N) is 3. The largest absolute Gasteiger partial charge is 0.418 e. The summed E-state index contributed by atoms with van der Waals surface area (Å²) in [5.74, 6) is 0.459. The van der Waals surface area contributed by atoms with Gasteiger partial charge in [0.2, 0.25) is 5.95 Å². The Morgan fingerprint density at radius 1 is 1.23 bits per heavy atom. The number of rotatable bonds is 4. The van der Waals surface area contributed by atoms with Crippen LogP contribution in [0.2, 0.25) is 5.02 Å². The van der Waals surface area contributed by atoms with E-state index in [1.165, 1.54) is 18.3 Å². The average Bonchev–Trinajstić information content (AvgIpc) is 3.24. The maximum atomic E-state index is 13.0. The summed E-state index contributed by atoms with van der Waals surface area (Å²) in [4.78, 5) is 4.10. The second-order valence-corrected chi connectivity index (χ2v) is 5.33. The third-order valence-corrected chi connectivity index (χ3v) is 3.26. The Morgan fingerprint density at radius 3 is 2.68 bits per heavy atom. The fraction of sp³-hybridized carbons (Fsp3) is 0.308. The first-order valence-corrected chi connectivity index (χ1v) is 6.89. The van der Waals surface area contributed by atoms with E-state index in [0.717, 1.165) is 18.9 Å². The molecule has 1 fully saturated rings. The third-order valence-electron chi connectivity index (χ3n) is 3.02. The van der Waals surface area contributed by atoms with E-state index in [2.05, 4.69) is 25.8 Å². The smallest absolute Gasteiger partial charge is 0.366 e. The molecule has 0 radical (unpaired) electrons. The molecular weight excluding hydrogens is 319 g/mol. The van der Waals surface area contributed by atoms with Crippen molar-refractivity contribution in [2.45, 2.75) is 25.1 Å². The van der Waals surface area contributed by atoms with Gasteiger partial charge in [0.25, 0.3) is 0 Å². The molecule has 116 valence electrons. The molecule has 0 aliphatic heterocycles. The summed E-state index contributed by atoms with van der Waals surface area (Å²) in [7, 11) is 0. The average molecular weight is 330 g/mol. The normalized spacial score (nSPS) is 14.7. The number of hydrogen-bond acceptors (Lipinski definition) is 5. The van der Waals surface area contributed by atoms with Gasteiger partial charge >= 0.3 is 6.18 Å². The number of benzene rings is 1. The van der Waals surface area contributed by atoms with Gasteiger partial charge in [-0.25, -0.2) is 0 Å². The molecule has 5 nitrogen and oxygen atoms in total. The zero-order valence-electron chi connectivity index (χ0n) is 11.2. The topological polar surface area (TPSA) is 62.7 Å². The molecule has 1 aromatic heterocycles. The van der Waals surface area contributed by atoms with Crippen LogP contribution in [0.15, 0.2) is 24.4 Å². The van der Waals surface area contributed by atoms with Crippen molar-refractivity contribution in [2.24, 2.45) is 0 Å². The van der Waals surface area contributed by atoms with Crippen molar-refractivity contribution in [3.8, 4) is 0 Å². The van der Waals surface area contributed by atoms with E-state index in [-0.39, 0.29) is 16.7 Å². The minimum Gasteiger partial charge on any atom is -0.366 e. The summed E-state index contributed by atoms with van der Waals surface area (Å²) < 4.78 is 39.1. The molecule has 1 aliphatic rings. The molecule has 0 bridgehead atoms. The van der Waals surface area contributed by atoms with Crippen LogP contribution >= 0.6 is 11.6 Å². The lowest BCUT2D eigenvalue weighted by Gasteiger charge is -2.14. The maximum Gasteiger partial charge on any atom is 0.418 e. The van der Waals surface area contributed by atoms with E-state index in [0.29, 0.717) is 11.9 Å². The summed E-state index contributed by atoms with van der Waals surface area (Å²) in [5.41, 5.74) is -1.06. The molecule has 0 unspecified atom stereocenters. The summed E-state index contributed by atoms with van der Waals surface area (Å²) >= 11 is 5.63. The van der Waals surface area contributed by atoms with Gasteiger partial charge in [0.15, 0.2) is 5.82 Å². The van der Waals surface area contributed by atoms with Crippen LogP contribution in [-0.4, -0.2) is 21.2 Å². The summed E-state index contributed by atoms with van der Waals surface area (Å²) in [6.45, 7) is 0. The third kappa shape index (κ3) is 3.56. The zero-order chi connectivity index (χ0) is 15.7. The Labute approximate surface area is 128 Å². The predicted octanol–water partition coefficient (Wildman–Crippen LogP) is 3.86. The van der Waals surface area contributed by atoms with Gasteiger partial charge in [0.05, 0.1) is 17.4 Å². The van der Waals surface area contributed by atoms with Gasteiger partial charge in [-0.15, -0.1) is 5.10 Å². The quantitative estimate of drug-likeness (QED) is 0.891. The fourth-order valence-electron chi connectivity index (χ4n) is 1.84. The van der Waals surface area contributed by atoms with E-state index in [4.69, 9.17) is 11.6 Å². The standard InChI is InChI=1S/C13H11ClF3N5/c14-7-1-4-10(9(5-7)13(15,16)17)20-12-21-11(6-18-22-12)19-8-2-3-8/h1,4-6,8H,2-3H2,(H2,19,20,21,22). The van der Waals surface area contributed by atoms with Crippen molar-refractivity contribution in [1.29, 1.82) is 0 Å². The molecule has 0 atom stereocenters. The fourth-order valence-corrected chi connectivity index (χ4v) is 2.02. The monoisotopic (exact) mass is 329 g/mol. The van der Waals surface area contributed by atoms with Crippen molar-refractivity contribution in [3.63, 3.8) is 0 Å². The van der Waals surface area contributed by atoms with Crippen molar-refractivity contribution in [2.75, 3.05) is 10.6 Å². The van der Waals surface area contributed by atoms with Crippen LogP contribution in [0.3, 0.4) is 0 Å². The van der Waals surface area contributed by atoms with Crippen LogP contribution in [0.4, 0.5) is 30.6 Å². The first-order chi connectivity index (χ1) is 10.4. The molecule has 1 aliphatic carbocycles. The summed E-state index contributed by atoms with van der Waals surface area (Å²) in [6.07, 6.45) is -1.02. The molecule has 3 rings (SSSR count). The van der Waals surface area contributed by atoms with Gasteiger partial charge in [-0.2, -0.15) is 23.3 Å². The lowest BCUT2D eigenvalue weighted by atomic mass is 10.1. The molecule has 9 heteroatoms. The molecule has 1 aromatic carbocycles. The van der Waals surface area contributed by atoms with Gasteiger partial charge in [0.1, 0.15) is 0 Å². The lowest BCUT2D eigenvalue weighted by molar-refractivity contribution is -0.136. The molecule has 1 heterocycles. The van der Waals surface area contributed by atoms with E-state index < -0.39 is 11.7 Å². The van der Waals surface area contributed by atoms with Crippen LogP contribution in [0.1, 0.15) is 18.4 Å². The van der Waals surface area contributed by atoms with E-state index in [1.807, 2.05) is 0 Å². The predicted molar refractivity (Wildman–Crippen MR) is 76.2 cm³/mol. The number of halogens is 4. The second-order valence-electron chi connectivity index (χ2n) is 4.90. The Hall–Kier alpha value is -2.09. The van der Waals surface area contributed by atoms with Crippen LogP contribution in [0, 0.1) is 0 Å². The number of nitrogens with one attached hydrogen (secondary N) is 2. The summed E-state index contributed by atoms with van der Waals surface area (Å²) in [6, 6.07) is 3.80. The number of aromatic nitrogens is 3. The lowest BCUT2D eigenvalue weighted by Crippen LogP contribution is -2.11. The van der Waals surface area contributed by atoms with Gasteiger partial charge in [-0.1, -0.05) is 11.6 Å². The Bertz CT molecular complexity index is 688. The summed E-state index contributed by atoms with van der Waals surface area (Å²) in [5, 5.41) is 13.1. The van der Waals surface area contributed by atoms with Crippen LogP contribution in [-0.2, 0) is 6.18 Å². The van der Waals surface area contributed by atoms with Gasteiger partial charge in [-0.05, 0) is 31.0 Å².